The number of azide groups is 1. The molecule has 8 heteroatoms. The molecule has 0 atom stereocenters. The largest absolute Gasteiger partial charge is 0.461 e. The summed E-state index contributed by atoms with van der Waals surface area (Å²) in [4.78, 5) is 12.9. The van der Waals surface area contributed by atoms with Gasteiger partial charge in [0.05, 0.1) is 6.61 Å². The summed E-state index contributed by atoms with van der Waals surface area (Å²) in [6, 6.07) is 0.712. The molecular formula is C7H15N3O4Si. The van der Waals surface area contributed by atoms with E-state index in [2.05, 4.69) is 14.8 Å². The quantitative estimate of drug-likeness (QED) is 0.231. The number of rotatable bonds is 6. The van der Waals surface area contributed by atoms with Gasteiger partial charge >= 0.3 is 14.7 Å². The van der Waals surface area contributed by atoms with Gasteiger partial charge in [0, 0.05) is 24.2 Å². The topological polar surface area (TPSA) is 93.5 Å². The lowest BCUT2D eigenvalue weighted by Crippen LogP contribution is -2.36. The third-order valence-electron chi connectivity index (χ3n) is 1.99. The third-order valence-corrected chi connectivity index (χ3v) is 4.98. The maximum absolute atomic E-state index is 10.6. The van der Waals surface area contributed by atoms with Crippen molar-refractivity contribution >= 4 is 14.7 Å². The van der Waals surface area contributed by atoms with Crippen molar-refractivity contribution in [2.75, 3.05) is 20.8 Å². The Morgan fingerprint density at radius 2 is 2.07 bits per heavy atom. The first-order valence-electron chi connectivity index (χ1n) is 4.40. The molecule has 15 heavy (non-hydrogen) atoms. The van der Waals surface area contributed by atoms with Crippen LogP contribution < -0.4 is 0 Å². The first-order valence-corrected chi connectivity index (χ1v) is 6.92. The van der Waals surface area contributed by atoms with Crippen LogP contribution in [0.1, 0.15) is 6.42 Å². The Kier molecular flexibility index (Phi) is 6.72. The molecule has 0 bridgehead atoms. The normalized spacial score (nSPS) is 10.6. The summed E-state index contributed by atoms with van der Waals surface area (Å²) in [6.07, 6.45) is -0.285. The van der Waals surface area contributed by atoms with Crippen LogP contribution in [-0.2, 0) is 13.6 Å². The second kappa shape index (κ2) is 7.24. The zero-order valence-electron chi connectivity index (χ0n) is 9.10. The number of amides is 1. The summed E-state index contributed by atoms with van der Waals surface area (Å²) in [7, 11) is 1.12. The maximum atomic E-state index is 10.6. The SMILES string of the molecule is CO[Si](C)(CCCOC(=O)N=[N+]=[N-])OC. The molecular weight excluding hydrogens is 218 g/mol. The van der Waals surface area contributed by atoms with Crippen LogP contribution in [-0.4, -0.2) is 35.5 Å². The second-order valence-electron chi connectivity index (χ2n) is 2.95. The van der Waals surface area contributed by atoms with Gasteiger partial charge in [-0.15, -0.1) is 0 Å². The summed E-state index contributed by atoms with van der Waals surface area (Å²) in [5, 5.41) is 2.77. The standard InChI is InChI=1S/C7H15N3O4Si/c1-12-15(3,13-2)6-4-5-14-7(11)9-10-8/h4-6H2,1-3H3. The predicted octanol–water partition coefficient (Wildman–Crippen LogP) is 2.19. The number of hydrogen-bond acceptors (Lipinski definition) is 4. The lowest BCUT2D eigenvalue weighted by atomic mass is 10.5. The molecule has 0 heterocycles. The van der Waals surface area contributed by atoms with Crippen molar-refractivity contribution in [1.82, 2.24) is 0 Å². The van der Waals surface area contributed by atoms with Gasteiger partial charge in [-0.1, -0.05) is 0 Å². The molecule has 0 saturated carbocycles. The lowest BCUT2D eigenvalue weighted by molar-refractivity contribution is 0.154. The summed E-state index contributed by atoms with van der Waals surface area (Å²) in [5.41, 5.74) is 7.92. The van der Waals surface area contributed by atoms with Gasteiger partial charge in [0.2, 0.25) is 0 Å². The van der Waals surface area contributed by atoms with Crippen LogP contribution in [0, 0.1) is 0 Å². The van der Waals surface area contributed by atoms with E-state index in [1.807, 2.05) is 6.55 Å². The lowest BCUT2D eigenvalue weighted by Gasteiger charge is -2.22. The van der Waals surface area contributed by atoms with Gasteiger partial charge in [0.15, 0.2) is 0 Å². The summed E-state index contributed by atoms with van der Waals surface area (Å²) >= 11 is 0. The molecule has 1 amide bonds. The number of ether oxygens (including phenoxy) is 1. The fourth-order valence-corrected chi connectivity index (χ4v) is 2.27. The minimum atomic E-state index is -2.08. The molecule has 0 aliphatic heterocycles. The number of carbonyl (C=O) groups is 1. The number of nitrogens with zero attached hydrogens (tertiary/aromatic N) is 3. The molecule has 0 unspecified atom stereocenters. The zero-order valence-corrected chi connectivity index (χ0v) is 10.1. The van der Waals surface area contributed by atoms with Crippen LogP contribution in [0.25, 0.3) is 10.4 Å². The van der Waals surface area contributed by atoms with Crippen molar-refractivity contribution in [2.24, 2.45) is 5.11 Å². The van der Waals surface area contributed by atoms with Crippen LogP contribution in [0.3, 0.4) is 0 Å². The molecule has 0 fully saturated rings. The average molecular weight is 233 g/mol. The van der Waals surface area contributed by atoms with Crippen molar-refractivity contribution in [3.8, 4) is 0 Å². The fourth-order valence-electron chi connectivity index (χ4n) is 0.906. The van der Waals surface area contributed by atoms with Crippen LogP contribution in [0.15, 0.2) is 5.11 Å². The molecule has 7 nitrogen and oxygen atoms in total. The summed E-state index contributed by atoms with van der Waals surface area (Å²) in [5.74, 6) is 0. The number of hydrogen-bond donors (Lipinski definition) is 0. The Labute approximate surface area is 89.2 Å². The van der Waals surface area contributed by atoms with Crippen LogP contribution in [0.4, 0.5) is 4.79 Å². The molecule has 0 spiro atoms. The van der Waals surface area contributed by atoms with Crippen molar-refractivity contribution in [3.63, 3.8) is 0 Å². The molecule has 0 radical (unpaired) electrons. The Morgan fingerprint density at radius 1 is 1.47 bits per heavy atom. The van der Waals surface area contributed by atoms with E-state index in [4.69, 9.17) is 14.4 Å². The Balaban J connectivity index is 3.70. The van der Waals surface area contributed by atoms with Crippen LogP contribution in [0.2, 0.25) is 12.6 Å². The molecule has 0 saturated heterocycles. The van der Waals surface area contributed by atoms with Crippen molar-refractivity contribution in [1.29, 1.82) is 0 Å². The van der Waals surface area contributed by atoms with E-state index < -0.39 is 14.7 Å². The Bertz CT molecular complexity index is 251. The van der Waals surface area contributed by atoms with Gasteiger partial charge in [-0.2, -0.15) is 0 Å². The minimum absolute atomic E-state index is 0.202. The van der Waals surface area contributed by atoms with E-state index in [1.165, 1.54) is 0 Å². The molecule has 0 aromatic rings. The highest BCUT2D eigenvalue weighted by Gasteiger charge is 2.27. The predicted molar refractivity (Wildman–Crippen MR) is 55.6 cm³/mol. The van der Waals surface area contributed by atoms with Crippen LogP contribution in [0.5, 0.6) is 0 Å². The number of carbonyl (C=O) groups excluding carboxylic acids is 1. The van der Waals surface area contributed by atoms with E-state index in [-0.39, 0.29) is 6.61 Å². The highest BCUT2D eigenvalue weighted by molar-refractivity contribution is 6.65. The molecule has 0 aliphatic rings. The van der Waals surface area contributed by atoms with Gasteiger partial charge in [-0.25, -0.2) is 4.79 Å². The molecule has 0 rings (SSSR count). The van der Waals surface area contributed by atoms with Crippen molar-refractivity contribution < 1.29 is 18.4 Å². The molecule has 86 valence electrons. The van der Waals surface area contributed by atoms with Gasteiger partial charge < -0.3 is 13.6 Å². The average Bonchev–Trinajstić information content (AvgIpc) is 2.24. The van der Waals surface area contributed by atoms with Gasteiger partial charge in [0.1, 0.15) is 0 Å². The highest BCUT2D eigenvalue weighted by Crippen LogP contribution is 2.13. The summed E-state index contributed by atoms with van der Waals surface area (Å²) < 4.78 is 15.1. The summed E-state index contributed by atoms with van der Waals surface area (Å²) in [6.45, 7) is 2.12. The van der Waals surface area contributed by atoms with Crippen molar-refractivity contribution in [2.45, 2.75) is 19.0 Å². The first kappa shape index (κ1) is 13.9. The van der Waals surface area contributed by atoms with E-state index in [0.29, 0.717) is 12.5 Å². The molecule has 0 aromatic carbocycles. The molecule has 0 N–H and O–H groups in total. The van der Waals surface area contributed by atoms with Gasteiger partial charge in [-0.05, 0) is 24.5 Å². The third kappa shape index (κ3) is 6.08. The van der Waals surface area contributed by atoms with E-state index in [9.17, 15) is 4.79 Å². The fraction of sp³-hybridized carbons (Fsp3) is 0.857. The molecule has 0 aliphatic carbocycles. The van der Waals surface area contributed by atoms with E-state index in [1.54, 1.807) is 14.2 Å². The zero-order chi connectivity index (χ0) is 11.7. The Morgan fingerprint density at radius 3 is 2.53 bits per heavy atom. The van der Waals surface area contributed by atoms with Gasteiger partial charge in [0.25, 0.3) is 0 Å². The Hall–Kier alpha value is -1.08. The van der Waals surface area contributed by atoms with Crippen molar-refractivity contribution in [3.05, 3.63) is 10.4 Å². The highest BCUT2D eigenvalue weighted by atomic mass is 28.4. The minimum Gasteiger partial charge on any atom is -0.461 e. The van der Waals surface area contributed by atoms with E-state index >= 15 is 0 Å². The second-order valence-corrected chi connectivity index (χ2v) is 6.53. The molecule has 0 aromatic heterocycles. The monoisotopic (exact) mass is 233 g/mol. The first-order chi connectivity index (χ1) is 7.08. The van der Waals surface area contributed by atoms with E-state index in [0.717, 1.165) is 0 Å². The van der Waals surface area contributed by atoms with Crippen LogP contribution >= 0.6 is 0 Å². The maximum Gasteiger partial charge on any atom is 0.396 e. The smallest absolute Gasteiger partial charge is 0.396 e. The van der Waals surface area contributed by atoms with Gasteiger partial charge in [-0.3, -0.25) is 0 Å².